The molecule has 3 heterocycles. The van der Waals surface area contributed by atoms with Gasteiger partial charge in [-0.25, -0.2) is 9.67 Å². The van der Waals surface area contributed by atoms with Gasteiger partial charge in [0.15, 0.2) is 5.82 Å². The Balaban J connectivity index is 1.70. The molecule has 0 amide bonds. The van der Waals surface area contributed by atoms with Gasteiger partial charge in [0.25, 0.3) is 0 Å². The summed E-state index contributed by atoms with van der Waals surface area (Å²) in [5.41, 5.74) is 2.27. The van der Waals surface area contributed by atoms with Gasteiger partial charge in [-0.2, -0.15) is 5.10 Å². The number of nitrogens with zero attached hydrogens (tertiary/aromatic N) is 5. The van der Waals surface area contributed by atoms with E-state index in [-0.39, 0.29) is 0 Å². The average Bonchev–Trinajstić information content (AvgIpc) is 3.07. The Morgan fingerprint density at radius 2 is 1.88 bits per heavy atom. The Bertz CT molecular complexity index is 813. The Labute approximate surface area is 148 Å². The van der Waals surface area contributed by atoms with Gasteiger partial charge in [-0.15, -0.1) is 0 Å². The highest BCUT2D eigenvalue weighted by atomic mass is 15.4. The number of aromatic nitrogens is 4. The largest absolute Gasteiger partial charge is 0.306 e. The Kier molecular flexibility index (Phi) is 4.57. The third-order valence-corrected chi connectivity index (χ3v) is 4.80. The maximum Gasteiger partial charge on any atom is 0.181 e. The van der Waals surface area contributed by atoms with Crippen molar-refractivity contribution in [3.63, 3.8) is 0 Å². The van der Waals surface area contributed by atoms with Gasteiger partial charge < -0.3 is 4.90 Å². The molecule has 1 unspecified atom stereocenters. The van der Waals surface area contributed by atoms with E-state index >= 15 is 0 Å². The van der Waals surface area contributed by atoms with Crippen molar-refractivity contribution in [2.45, 2.75) is 25.3 Å². The fraction of sp³-hybridized carbons (Fsp3) is 0.350. The summed E-state index contributed by atoms with van der Waals surface area (Å²) in [5, 5.41) is 4.84. The van der Waals surface area contributed by atoms with Crippen molar-refractivity contribution in [2.24, 2.45) is 0 Å². The maximum absolute atomic E-state index is 4.93. The van der Waals surface area contributed by atoms with Gasteiger partial charge in [-0.05, 0) is 44.1 Å². The molecule has 0 saturated carbocycles. The van der Waals surface area contributed by atoms with Crippen LogP contribution in [0.3, 0.4) is 0 Å². The van der Waals surface area contributed by atoms with E-state index in [9.17, 15) is 0 Å². The molecule has 5 heteroatoms. The summed E-state index contributed by atoms with van der Waals surface area (Å²) in [5.74, 6) is 2.33. The highest BCUT2D eigenvalue weighted by Gasteiger charge is 2.25. The van der Waals surface area contributed by atoms with E-state index in [2.05, 4.69) is 45.9 Å². The SMILES string of the molecule is CN1CCCC(c2nc(-c3ccncc3)nn2Cc2ccccc2)C1. The van der Waals surface area contributed by atoms with Crippen molar-refractivity contribution < 1.29 is 0 Å². The van der Waals surface area contributed by atoms with Crippen LogP contribution in [0.5, 0.6) is 0 Å². The highest BCUT2D eigenvalue weighted by molar-refractivity contribution is 5.53. The molecular formula is C20H23N5. The molecule has 1 aliphatic heterocycles. The summed E-state index contributed by atoms with van der Waals surface area (Å²) >= 11 is 0. The minimum absolute atomic E-state index is 0.436. The first-order valence-electron chi connectivity index (χ1n) is 8.87. The van der Waals surface area contributed by atoms with Crippen LogP contribution in [0.1, 0.15) is 30.1 Å². The number of benzene rings is 1. The maximum atomic E-state index is 4.93. The first-order chi connectivity index (χ1) is 12.3. The minimum Gasteiger partial charge on any atom is -0.306 e. The molecule has 1 atom stereocenters. The number of rotatable bonds is 4. The average molecular weight is 333 g/mol. The lowest BCUT2D eigenvalue weighted by atomic mass is 9.97. The number of likely N-dealkylation sites (N-methyl/N-ethyl adjacent to an activating group) is 1. The number of piperidine rings is 1. The molecule has 1 aliphatic rings. The number of pyridine rings is 1. The number of hydrogen-bond donors (Lipinski definition) is 0. The lowest BCUT2D eigenvalue weighted by Crippen LogP contribution is -2.32. The van der Waals surface area contributed by atoms with Gasteiger partial charge in [0.2, 0.25) is 0 Å². The quantitative estimate of drug-likeness (QED) is 0.735. The molecule has 4 rings (SSSR count). The second kappa shape index (κ2) is 7.15. The zero-order chi connectivity index (χ0) is 17.1. The third-order valence-electron chi connectivity index (χ3n) is 4.80. The van der Waals surface area contributed by atoms with Crippen LogP contribution < -0.4 is 0 Å². The van der Waals surface area contributed by atoms with E-state index in [1.54, 1.807) is 12.4 Å². The molecule has 128 valence electrons. The molecule has 3 aromatic rings. The van der Waals surface area contributed by atoms with E-state index in [0.717, 1.165) is 30.3 Å². The second-order valence-corrected chi connectivity index (χ2v) is 6.77. The fourth-order valence-electron chi connectivity index (χ4n) is 3.53. The van der Waals surface area contributed by atoms with Crippen molar-refractivity contribution in [2.75, 3.05) is 20.1 Å². The smallest absolute Gasteiger partial charge is 0.181 e. The molecule has 0 bridgehead atoms. The summed E-state index contributed by atoms with van der Waals surface area (Å²) in [7, 11) is 2.19. The summed E-state index contributed by atoms with van der Waals surface area (Å²) in [4.78, 5) is 11.4. The molecule has 2 aromatic heterocycles. The molecule has 0 radical (unpaired) electrons. The molecule has 25 heavy (non-hydrogen) atoms. The van der Waals surface area contributed by atoms with Crippen LogP contribution in [0.15, 0.2) is 54.9 Å². The van der Waals surface area contributed by atoms with Crippen LogP contribution in [-0.4, -0.2) is 44.8 Å². The molecule has 0 N–H and O–H groups in total. The van der Waals surface area contributed by atoms with Gasteiger partial charge in [0.05, 0.1) is 6.54 Å². The predicted octanol–water partition coefficient (Wildman–Crippen LogP) is 3.20. The molecule has 1 saturated heterocycles. The van der Waals surface area contributed by atoms with Crippen LogP contribution in [-0.2, 0) is 6.54 Å². The monoisotopic (exact) mass is 333 g/mol. The van der Waals surface area contributed by atoms with E-state index in [0.29, 0.717) is 5.92 Å². The van der Waals surface area contributed by atoms with Gasteiger partial charge in [0, 0.05) is 30.4 Å². The van der Waals surface area contributed by atoms with Crippen LogP contribution in [0, 0.1) is 0 Å². The summed E-state index contributed by atoms with van der Waals surface area (Å²) < 4.78 is 2.09. The van der Waals surface area contributed by atoms with Crippen LogP contribution >= 0.6 is 0 Å². The zero-order valence-electron chi connectivity index (χ0n) is 14.5. The molecule has 1 aromatic carbocycles. The standard InChI is InChI=1S/C20H23N5/c1-24-13-5-8-18(15-24)20-22-19(17-9-11-21-12-10-17)23-25(20)14-16-6-3-2-4-7-16/h2-4,6-7,9-12,18H,5,8,13-15H2,1H3. The van der Waals surface area contributed by atoms with Gasteiger partial charge in [-0.1, -0.05) is 30.3 Å². The zero-order valence-corrected chi connectivity index (χ0v) is 14.5. The summed E-state index contributed by atoms with van der Waals surface area (Å²) in [6.07, 6.45) is 5.97. The van der Waals surface area contributed by atoms with Crippen molar-refractivity contribution in [1.82, 2.24) is 24.6 Å². The number of likely N-dealkylation sites (tertiary alicyclic amines) is 1. The fourth-order valence-corrected chi connectivity index (χ4v) is 3.53. The molecule has 5 nitrogen and oxygen atoms in total. The van der Waals surface area contributed by atoms with Crippen molar-refractivity contribution in [1.29, 1.82) is 0 Å². The predicted molar refractivity (Wildman–Crippen MR) is 98.3 cm³/mol. The van der Waals surface area contributed by atoms with Crippen molar-refractivity contribution >= 4 is 0 Å². The van der Waals surface area contributed by atoms with Crippen molar-refractivity contribution in [3.05, 3.63) is 66.2 Å². The van der Waals surface area contributed by atoms with Crippen molar-refractivity contribution in [3.8, 4) is 11.4 Å². The third kappa shape index (κ3) is 3.61. The lowest BCUT2D eigenvalue weighted by Gasteiger charge is -2.29. The first-order valence-corrected chi connectivity index (χ1v) is 8.87. The van der Waals surface area contributed by atoms with E-state index in [1.807, 2.05) is 18.2 Å². The van der Waals surface area contributed by atoms with E-state index in [1.165, 1.54) is 24.9 Å². The molecular weight excluding hydrogens is 310 g/mol. The Morgan fingerprint density at radius 1 is 1.08 bits per heavy atom. The van der Waals surface area contributed by atoms with Crippen LogP contribution in [0.2, 0.25) is 0 Å². The van der Waals surface area contributed by atoms with Gasteiger partial charge in [-0.3, -0.25) is 4.98 Å². The van der Waals surface area contributed by atoms with Crippen LogP contribution in [0.4, 0.5) is 0 Å². The summed E-state index contributed by atoms with van der Waals surface area (Å²) in [6.45, 7) is 2.97. The Morgan fingerprint density at radius 3 is 2.64 bits per heavy atom. The molecule has 1 fully saturated rings. The van der Waals surface area contributed by atoms with Gasteiger partial charge >= 0.3 is 0 Å². The normalized spacial score (nSPS) is 18.4. The van der Waals surface area contributed by atoms with Gasteiger partial charge in [0.1, 0.15) is 5.82 Å². The van der Waals surface area contributed by atoms with E-state index < -0.39 is 0 Å². The lowest BCUT2D eigenvalue weighted by molar-refractivity contribution is 0.242. The number of hydrogen-bond acceptors (Lipinski definition) is 4. The molecule has 0 spiro atoms. The first kappa shape index (κ1) is 16.0. The van der Waals surface area contributed by atoms with E-state index in [4.69, 9.17) is 10.1 Å². The van der Waals surface area contributed by atoms with Crippen LogP contribution in [0.25, 0.3) is 11.4 Å². The minimum atomic E-state index is 0.436. The molecule has 0 aliphatic carbocycles. The topological polar surface area (TPSA) is 46.8 Å². The Hall–Kier alpha value is -2.53. The summed E-state index contributed by atoms with van der Waals surface area (Å²) in [6, 6.07) is 14.4. The highest BCUT2D eigenvalue weighted by Crippen LogP contribution is 2.27. The second-order valence-electron chi connectivity index (χ2n) is 6.77.